The number of aromatic nitrogens is 4. The van der Waals surface area contributed by atoms with Crippen LogP contribution < -0.4 is 5.32 Å². The molecule has 5 nitrogen and oxygen atoms in total. The Morgan fingerprint density at radius 2 is 2.17 bits per heavy atom. The van der Waals surface area contributed by atoms with Crippen molar-refractivity contribution in [3.63, 3.8) is 0 Å². The molecule has 98 valence electrons. The lowest BCUT2D eigenvalue weighted by atomic mass is 10.2. The maximum atomic E-state index is 4.25. The van der Waals surface area contributed by atoms with Gasteiger partial charge in [0, 0.05) is 37.1 Å². The van der Waals surface area contributed by atoms with E-state index in [2.05, 4.69) is 45.3 Å². The second kappa shape index (κ2) is 5.67. The van der Waals surface area contributed by atoms with Crippen LogP contribution in [0, 0.1) is 6.92 Å². The van der Waals surface area contributed by atoms with Crippen LogP contribution in [0.25, 0.3) is 0 Å². The van der Waals surface area contributed by atoms with Crippen LogP contribution in [0.1, 0.15) is 18.2 Å². The minimum atomic E-state index is 0.358. The van der Waals surface area contributed by atoms with Crippen molar-refractivity contribution < 1.29 is 0 Å². The third-order valence-electron chi connectivity index (χ3n) is 3.04. The summed E-state index contributed by atoms with van der Waals surface area (Å²) in [4.78, 5) is 0. The number of aryl methyl sites for hydroxylation is 1. The fourth-order valence-electron chi connectivity index (χ4n) is 1.79. The fourth-order valence-corrected chi connectivity index (χ4v) is 2.11. The van der Waals surface area contributed by atoms with Crippen molar-refractivity contribution >= 4 is 15.9 Å². The molecule has 0 aromatic carbocycles. The Morgan fingerprint density at radius 1 is 1.39 bits per heavy atom. The average molecular weight is 312 g/mol. The van der Waals surface area contributed by atoms with Gasteiger partial charge in [-0.1, -0.05) is 0 Å². The lowest BCUT2D eigenvalue weighted by Crippen LogP contribution is -2.30. The molecule has 0 aliphatic heterocycles. The number of hydrogen-bond donors (Lipinski definition) is 1. The molecule has 2 aromatic rings. The summed E-state index contributed by atoms with van der Waals surface area (Å²) in [5.74, 6) is 0. The molecule has 18 heavy (non-hydrogen) atoms. The summed E-state index contributed by atoms with van der Waals surface area (Å²) >= 11 is 3.40. The molecule has 1 N–H and O–H groups in total. The molecule has 1 atom stereocenters. The summed E-state index contributed by atoms with van der Waals surface area (Å²) in [6.07, 6.45) is 5.70. The Kier molecular flexibility index (Phi) is 4.19. The van der Waals surface area contributed by atoms with Crippen molar-refractivity contribution in [2.24, 2.45) is 7.05 Å². The van der Waals surface area contributed by atoms with Gasteiger partial charge in [0.25, 0.3) is 0 Å². The maximum Gasteiger partial charge on any atom is 0.0632 e. The largest absolute Gasteiger partial charge is 0.308 e. The van der Waals surface area contributed by atoms with Crippen molar-refractivity contribution in [2.45, 2.75) is 33.0 Å². The molecule has 6 heteroatoms. The molecule has 0 saturated heterocycles. The van der Waals surface area contributed by atoms with Crippen molar-refractivity contribution in [1.82, 2.24) is 24.9 Å². The Morgan fingerprint density at radius 3 is 2.72 bits per heavy atom. The maximum absolute atomic E-state index is 4.25. The number of nitrogens with zero attached hydrogens (tertiary/aromatic N) is 4. The Balaban J connectivity index is 1.85. The lowest BCUT2D eigenvalue weighted by Gasteiger charge is -2.13. The van der Waals surface area contributed by atoms with Gasteiger partial charge in [-0.2, -0.15) is 10.2 Å². The minimum absolute atomic E-state index is 0.358. The highest BCUT2D eigenvalue weighted by Gasteiger charge is 2.07. The summed E-state index contributed by atoms with van der Waals surface area (Å²) in [6, 6.07) is 0.358. The molecule has 0 bridgehead atoms. The summed E-state index contributed by atoms with van der Waals surface area (Å²) in [5.41, 5.74) is 2.45. The molecule has 0 amide bonds. The van der Waals surface area contributed by atoms with Crippen LogP contribution in [-0.2, 0) is 20.1 Å². The van der Waals surface area contributed by atoms with Gasteiger partial charge in [0.15, 0.2) is 0 Å². The number of rotatable bonds is 5. The Bertz CT molecular complexity index is 516. The van der Waals surface area contributed by atoms with Gasteiger partial charge >= 0.3 is 0 Å². The Hall–Kier alpha value is -1.14. The predicted molar refractivity (Wildman–Crippen MR) is 74.2 cm³/mol. The van der Waals surface area contributed by atoms with E-state index >= 15 is 0 Å². The quantitative estimate of drug-likeness (QED) is 0.917. The van der Waals surface area contributed by atoms with E-state index in [0.717, 1.165) is 17.6 Å². The minimum Gasteiger partial charge on any atom is -0.308 e. The molecule has 0 fully saturated rings. The topological polar surface area (TPSA) is 47.7 Å². The van der Waals surface area contributed by atoms with Crippen molar-refractivity contribution in [1.29, 1.82) is 0 Å². The molecule has 0 unspecified atom stereocenters. The molecule has 2 rings (SSSR count). The molecular formula is C12H18BrN5. The fraction of sp³-hybridized carbons (Fsp3) is 0.500. The van der Waals surface area contributed by atoms with Gasteiger partial charge in [-0.05, 0) is 29.8 Å². The van der Waals surface area contributed by atoms with E-state index in [4.69, 9.17) is 0 Å². The lowest BCUT2D eigenvalue weighted by molar-refractivity contribution is 0.450. The van der Waals surface area contributed by atoms with Gasteiger partial charge in [0.1, 0.15) is 0 Å². The van der Waals surface area contributed by atoms with Crippen LogP contribution in [0.4, 0.5) is 0 Å². The zero-order chi connectivity index (χ0) is 13.1. The van der Waals surface area contributed by atoms with E-state index in [1.807, 2.05) is 28.8 Å². The van der Waals surface area contributed by atoms with Gasteiger partial charge in [-0.25, -0.2) is 0 Å². The summed E-state index contributed by atoms with van der Waals surface area (Å²) in [5, 5.41) is 12.0. The molecule has 0 aliphatic rings. The molecule has 2 heterocycles. The van der Waals surface area contributed by atoms with Crippen LogP contribution in [0.5, 0.6) is 0 Å². The highest BCUT2D eigenvalue weighted by atomic mass is 79.9. The number of halogens is 1. The first-order valence-corrected chi connectivity index (χ1v) is 6.74. The first kappa shape index (κ1) is 13.3. The van der Waals surface area contributed by atoms with E-state index in [1.54, 1.807) is 6.20 Å². The van der Waals surface area contributed by atoms with Gasteiger partial charge in [-0.3, -0.25) is 9.36 Å². The number of nitrogens with one attached hydrogen (secondary N) is 1. The van der Waals surface area contributed by atoms with Crippen LogP contribution in [0.2, 0.25) is 0 Å². The third-order valence-corrected chi connectivity index (χ3v) is 3.45. The van der Waals surface area contributed by atoms with E-state index < -0.39 is 0 Å². The van der Waals surface area contributed by atoms with Crippen molar-refractivity contribution in [2.75, 3.05) is 0 Å². The molecule has 0 saturated carbocycles. The molecular weight excluding hydrogens is 294 g/mol. The predicted octanol–water partition coefficient (Wildman–Crippen LogP) is 1.87. The SMILES string of the molecule is Cc1c(CN[C@@H](C)Cn2cc(Br)cn2)cnn1C. The number of hydrogen-bond acceptors (Lipinski definition) is 3. The highest BCUT2D eigenvalue weighted by molar-refractivity contribution is 9.10. The van der Waals surface area contributed by atoms with Gasteiger partial charge in [-0.15, -0.1) is 0 Å². The monoisotopic (exact) mass is 311 g/mol. The van der Waals surface area contributed by atoms with E-state index in [-0.39, 0.29) is 0 Å². The van der Waals surface area contributed by atoms with Gasteiger partial charge < -0.3 is 5.32 Å². The molecule has 0 spiro atoms. The van der Waals surface area contributed by atoms with Gasteiger partial charge in [0.2, 0.25) is 0 Å². The van der Waals surface area contributed by atoms with Crippen LogP contribution in [0.15, 0.2) is 23.1 Å². The van der Waals surface area contributed by atoms with Crippen LogP contribution in [-0.4, -0.2) is 25.6 Å². The summed E-state index contributed by atoms with van der Waals surface area (Å²) < 4.78 is 4.84. The second-order valence-corrected chi connectivity index (χ2v) is 5.46. The van der Waals surface area contributed by atoms with E-state index in [1.165, 1.54) is 11.3 Å². The molecule has 0 radical (unpaired) electrons. The average Bonchev–Trinajstić information content (AvgIpc) is 2.86. The highest BCUT2D eigenvalue weighted by Crippen LogP contribution is 2.08. The Labute approximate surface area is 115 Å². The van der Waals surface area contributed by atoms with E-state index in [0.29, 0.717) is 6.04 Å². The van der Waals surface area contributed by atoms with Crippen molar-refractivity contribution in [3.8, 4) is 0 Å². The zero-order valence-corrected chi connectivity index (χ0v) is 12.5. The first-order chi connectivity index (χ1) is 8.56. The van der Waals surface area contributed by atoms with Gasteiger partial charge in [0.05, 0.1) is 23.4 Å². The van der Waals surface area contributed by atoms with E-state index in [9.17, 15) is 0 Å². The van der Waals surface area contributed by atoms with Crippen LogP contribution in [0.3, 0.4) is 0 Å². The normalized spacial score (nSPS) is 12.9. The summed E-state index contributed by atoms with van der Waals surface area (Å²) in [6.45, 7) is 5.93. The summed E-state index contributed by atoms with van der Waals surface area (Å²) in [7, 11) is 1.96. The van der Waals surface area contributed by atoms with Crippen molar-refractivity contribution in [3.05, 3.63) is 34.3 Å². The zero-order valence-electron chi connectivity index (χ0n) is 10.9. The second-order valence-electron chi connectivity index (χ2n) is 4.54. The molecule has 2 aromatic heterocycles. The smallest absolute Gasteiger partial charge is 0.0632 e. The molecule has 0 aliphatic carbocycles. The third kappa shape index (κ3) is 3.20. The van der Waals surface area contributed by atoms with Crippen LogP contribution >= 0.6 is 15.9 Å². The first-order valence-electron chi connectivity index (χ1n) is 5.95. The standard InChI is InChI=1S/C12H18BrN5/c1-9(7-18-8-12(13)6-16-18)14-4-11-5-15-17(3)10(11)2/h5-6,8-9,14H,4,7H2,1-3H3/t9-/m0/s1.